The Morgan fingerprint density at radius 2 is 1.69 bits per heavy atom. The molecule has 2 fully saturated rings. The summed E-state index contributed by atoms with van der Waals surface area (Å²) < 4.78 is 26.9. The Bertz CT molecular complexity index is 1760. The standard InChI is InChI=1S/C48H68N2O9/c1-5-26-57-48-44(50(22-27-56-28-25-53)45(54)21-17-35-12-6-7-13-35)32-42(49-55-4)40-30-36(14-8-10-23-51)39(15-9-11-24-52)46(47(40)48)41-31-38(19-20-43(41)59-48)58-37-18-16-33(2)34(3)29-37/h5,16,18-20,29-31,35-36,39,44,46-47,51-53H,1,6-15,17,21-28,32H2,2-4H3/t36-,39+,44-,46+,47+,48+/m0/s1. The predicted octanol–water partition coefficient (Wildman–Crippen LogP) is 8.17. The lowest BCUT2D eigenvalue weighted by atomic mass is 9.55. The fourth-order valence-corrected chi connectivity index (χ4v) is 10.3. The minimum atomic E-state index is -1.34. The van der Waals surface area contributed by atoms with Crippen molar-refractivity contribution in [3.63, 3.8) is 0 Å². The fraction of sp³-hybridized carbons (Fsp3) is 0.625. The molecule has 1 aliphatic heterocycles. The molecule has 0 spiro atoms. The van der Waals surface area contributed by atoms with Crippen LogP contribution in [0.25, 0.3) is 0 Å². The van der Waals surface area contributed by atoms with E-state index in [0.717, 1.165) is 73.1 Å². The van der Waals surface area contributed by atoms with E-state index in [1.807, 2.05) is 23.1 Å². The molecule has 324 valence electrons. The van der Waals surface area contributed by atoms with Gasteiger partial charge in [-0.15, -0.1) is 6.58 Å². The first kappa shape index (κ1) is 44.8. The Morgan fingerprint density at radius 3 is 2.41 bits per heavy atom. The number of hydrogen-bond donors (Lipinski definition) is 3. The molecule has 6 rings (SSSR count). The number of amides is 1. The third-order valence-corrected chi connectivity index (χ3v) is 13.2. The Hall–Kier alpha value is -3.74. The number of carbonyl (C=O) groups excluding carboxylic acids is 1. The molecule has 1 amide bonds. The van der Waals surface area contributed by atoms with Crippen LogP contribution in [0.2, 0.25) is 0 Å². The van der Waals surface area contributed by atoms with E-state index in [1.165, 1.54) is 18.4 Å². The zero-order chi connectivity index (χ0) is 41.8. The SMILES string of the molecule is C=CCO[C@@]12Oc3ccc(Oc4ccc(C)c(C)c4)cc3[C@H]3[C@H](CCCCO)[C@@H](CCCCO)C=C(C(=NOC)C[C@@H]1N(CCOCCO)C(=O)CCC1CCCC1)[C@H]32. The molecule has 2 aromatic rings. The number of aryl methyl sites for hydroxylation is 2. The van der Waals surface area contributed by atoms with Gasteiger partial charge in [-0.05, 0) is 111 Å². The highest BCUT2D eigenvalue weighted by molar-refractivity contribution is 6.03. The van der Waals surface area contributed by atoms with E-state index in [4.69, 9.17) is 28.9 Å². The van der Waals surface area contributed by atoms with E-state index in [-0.39, 0.29) is 69.8 Å². The van der Waals surface area contributed by atoms with Crippen LogP contribution in [0.1, 0.15) is 106 Å². The quantitative estimate of drug-likeness (QED) is 0.0576. The molecule has 1 heterocycles. The zero-order valence-electron chi connectivity index (χ0n) is 35.6. The third-order valence-electron chi connectivity index (χ3n) is 13.2. The molecule has 59 heavy (non-hydrogen) atoms. The zero-order valence-corrected chi connectivity index (χ0v) is 35.6. The van der Waals surface area contributed by atoms with Crippen molar-refractivity contribution in [3.8, 4) is 17.2 Å². The van der Waals surface area contributed by atoms with Gasteiger partial charge in [-0.3, -0.25) is 4.79 Å². The largest absolute Gasteiger partial charge is 0.459 e. The van der Waals surface area contributed by atoms with Crippen molar-refractivity contribution < 1.29 is 43.9 Å². The number of aliphatic hydroxyl groups excluding tert-OH is 3. The Kier molecular flexibility index (Phi) is 16.5. The summed E-state index contributed by atoms with van der Waals surface area (Å²) in [5.41, 5.74) is 5.09. The van der Waals surface area contributed by atoms with Gasteiger partial charge >= 0.3 is 0 Å². The molecule has 0 aromatic heterocycles. The molecule has 0 radical (unpaired) electrons. The van der Waals surface area contributed by atoms with Gasteiger partial charge in [0.05, 0.1) is 38.1 Å². The van der Waals surface area contributed by atoms with Gasteiger partial charge in [0.2, 0.25) is 11.7 Å². The monoisotopic (exact) mass is 816 g/mol. The number of fused-ring (bicyclic) bond motifs is 2. The van der Waals surface area contributed by atoms with E-state index in [1.54, 1.807) is 13.2 Å². The average molecular weight is 817 g/mol. The van der Waals surface area contributed by atoms with Gasteiger partial charge in [0.1, 0.15) is 30.4 Å². The number of oxime groups is 1. The summed E-state index contributed by atoms with van der Waals surface area (Å²) in [6.07, 6.45) is 15.1. The molecule has 3 N–H and O–H groups in total. The number of nitrogens with zero attached hydrogens (tertiary/aromatic N) is 2. The average Bonchev–Trinajstić information content (AvgIpc) is 3.77. The first-order chi connectivity index (χ1) is 28.8. The van der Waals surface area contributed by atoms with Crippen LogP contribution in [-0.2, 0) is 19.1 Å². The molecule has 6 atom stereocenters. The second-order valence-corrected chi connectivity index (χ2v) is 16.9. The van der Waals surface area contributed by atoms with Gasteiger partial charge in [0, 0.05) is 44.1 Å². The second kappa shape index (κ2) is 21.7. The summed E-state index contributed by atoms with van der Waals surface area (Å²) in [5.74, 6) is 0.991. The maximum absolute atomic E-state index is 14.8. The van der Waals surface area contributed by atoms with E-state index in [0.29, 0.717) is 43.1 Å². The molecule has 0 saturated heterocycles. The predicted molar refractivity (Wildman–Crippen MR) is 229 cm³/mol. The van der Waals surface area contributed by atoms with Crippen molar-refractivity contribution >= 4 is 11.6 Å². The normalized spacial score (nSPS) is 25.5. The van der Waals surface area contributed by atoms with Crippen LogP contribution in [0.15, 0.2) is 65.9 Å². The number of hydrogen-bond acceptors (Lipinski definition) is 10. The van der Waals surface area contributed by atoms with E-state index >= 15 is 0 Å². The highest BCUT2D eigenvalue weighted by Gasteiger charge is 2.65. The second-order valence-electron chi connectivity index (χ2n) is 16.9. The van der Waals surface area contributed by atoms with Crippen molar-refractivity contribution in [2.45, 2.75) is 115 Å². The summed E-state index contributed by atoms with van der Waals surface area (Å²) in [4.78, 5) is 22.3. The number of unbranched alkanes of at least 4 members (excludes halogenated alkanes) is 2. The first-order valence-corrected chi connectivity index (χ1v) is 22.1. The summed E-state index contributed by atoms with van der Waals surface area (Å²) >= 11 is 0. The van der Waals surface area contributed by atoms with Crippen LogP contribution in [0.5, 0.6) is 17.2 Å². The van der Waals surface area contributed by atoms with Gasteiger partial charge < -0.3 is 44.0 Å². The maximum Gasteiger partial charge on any atom is 0.239 e. The number of aliphatic hydroxyl groups is 3. The van der Waals surface area contributed by atoms with Crippen LogP contribution in [0.4, 0.5) is 0 Å². The lowest BCUT2D eigenvalue weighted by Gasteiger charge is -2.60. The van der Waals surface area contributed by atoms with Crippen LogP contribution in [-0.4, -0.2) is 97.0 Å². The third kappa shape index (κ3) is 10.4. The maximum atomic E-state index is 14.8. The van der Waals surface area contributed by atoms with Crippen molar-refractivity contribution in [1.29, 1.82) is 0 Å². The summed E-state index contributed by atoms with van der Waals surface area (Å²) in [6, 6.07) is 11.5. The number of benzene rings is 2. The molecular weight excluding hydrogens is 749 g/mol. The Labute approximate surface area is 351 Å². The number of carbonyl (C=O) groups is 1. The van der Waals surface area contributed by atoms with Gasteiger partial charge in [0.25, 0.3) is 0 Å². The molecular formula is C48H68N2O9. The summed E-state index contributed by atoms with van der Waals surface area (Å²) in [6.45, 7) is 9.22. The highest BCUT2D eigenvalue weighted by atomic mass is 16.7. The first-order valence-electron chi connectivity index (χ1n) is 22.1. The van der Waals surface area contributed by atoms with Gasteiger partial charge in [-0.2, -0.15) is 0 Å². The van der Waals surface area contributed by atoms with Gasteiger partial charge in [0.15, 0.2) is 0 Å². The minimum Gasteiger partial charge on any atom is -0.459 e. The highest BCUT2D eigenvalue weighted by Crippen LogP contribution is 2.62. The summed E-state index contributed by atoms with van der Waals surface area (Å²) in [7, 11) is 1.56. The van der Waals surface area contributed by atoms with Crippen molar-refractivity contribution in [1.82, 2.24) is 4.90 Å². The molecule has 4 aliphatic rings. The number of rotatable bonds is 23. The molecule has 11 heteroatoms. The van der Waals surface area contributed by atoms with E-state index < -0.39 is 17.7 Å². The molecule has 0 bridgehead atoms. The van der Waals surface area contributed by atoms with Gasteiger partial charge in [-0.25, -0.2) is 0 Å². The molecule has 2 saturated carbocycles. The van der Waals surface area contributed by atoms with E-state index in [2.05, 4.69) is 44.7 Å². The van der Waals surface area contributed by atoms with Crippen molar-refractivity contribution in [3.05, 3.63) is 77.4 Å². The Morgan fingerprint density at radius 1 is 0.949 bits per heavy atom. The van der Waals surface area contributed by atoms with Crippen molar-refractivity contribution in [2.24, 2.45) is 28.8 Å². The van der Waals surface area contributed by atoms with Crippen LogP contribution in [0, 0.1) is 37.5 Å². The fourth-order valence-electron chi connectivity index (χ4n) is 10.3. The van der Waals surface area contributed by atoms with Crippen LogP contribution >= 0.6 is 0 Å². The van der Waals surface area contributed by atoms with Crippen LogP contribution < -0.4 is 9.47 Å². The summed E-state index contributed by atoms with van der Waals surface area (Å²) in [5, 5.41) is 34.1. The van der Waals surface area contributed by atoms with E-state index in [9.17, 15) is 20.1 Å². The number of ether oxygens (including phenoxy) is 4. The van der Waals surface area contributed by atoms with Gasteiger partial charge in [-0.1, -0.05) is 61.9 Å². The van der Waals surface area contributed by atoms with Crippen molar-refractivity contribution in [2.75, 3.05) is 53.3 Å². The topological polar surface area (TPSA) is 140 Å². The Balaban J connectivity index is 1.53. The van der Waals surface area contributed by atoms with Crippen LogP contribution in [0.3, 0.4) is 0 Å². The minimum absolute atomic E-state index is 0.0144. The molecule has 11 nitrogen and oxygen atoms in total. The lowest BCUT2D eigenvalue weighted by Crippen LogP contribution is -2.70. The molecule has 0 unspecified atom stereocenters. The smallest absolute Gasteiger partial charge is 0.239 e. The molecule has 2 aromatic carbocycles. The molecule has 3 aliphatic carbocycles. The number of allylic oxidation sites excluding steroid dienone is 1. The lowest BCUT2D eigenvalue weighted by molar-refractivity contribution is -0.258.